The average molecular weight is 489 g/mol. The normalized spacial score (nSPS) is 12.5. The molecule has 1 unspecified atom stereocenters. The third-order valence-corrected chi connectivity index (χ3v) is 7.64. The van der Waals surface area contributed by atoms with Gasteiger partial charge in [-0.2, -0.15) is 0 Å². The molecule has 1 atom stereocenters. The number of nitrogens with one attached hydrogen (secondary N) is 3. The Balaban J connectivity index is 1.25. The first-order chi connectivity index (χ1) is 16.0. The lowest BCUT2D eigenvalue weighted by Crippen LogP contribution is -2.26. The van der Waals surface area contributed by atoms with Crippen LogP contribution in [-0.4, -0.2) is 50.5 Å². The number of benzene rings is 2. The number of methoxy groups -OCH3 is 1. The smallest absolute Gasteiger partial charge is 0.271 e. The number of hydrogen-bond donors (Lipinski definition) is 4. The molecule has 0 fully saturated rings. The highest BCUT2D eigenvalue weighted by Crippen LogP contribution is 2.26. The second kappa shape index (κ2) is 10.2. The molecule has 174 valence electrons. The molecule has 2 heterocycles. The Bertz CT molecular complexity index is 1310. The summed E-state index contributed by atoms with van der Waals surface area (Å²) in [4.78, 5) is 0. The van der Waals surface area contributed by atoms with E-state index in [4.69, 9.17) is 9.47 Å². The molecular weight excluding hydrogens is 464 g/mol. The molecule has 0 amide bonds. The summed E-state index contributed by atoms with van der Waals surface area (Å²) in [7, 11) is -2.07. The number of sulfonamides is 1. The lowest BCUT2D eigenvalue weighted by Gasteiger charge is -2.14. The Kier molecular flexibility index (Phi) is 7.14. The molecule has 9 nitrogen and oxygen atoms in total. The Hall–Kier alpha value is -3.12. The lowest BCUT2D eigenvalue weighted by molar-refractivity contribution is 0.172. The number of H-pyrrole nitrogens is 1. The van der Waals surface area contributed by atoms with Gasteiger partial charge in [0, 0.05) is 24.8 Å². The highest BCUT2D eigenvalue weighted by atomic mass is 32.2. The predicted octanol–water partition coefficient (Wildman–Crippen LogP) is 3.14. The SMILES string of the molecule is COc1n[nH]c2cc(OCCNCC(O)c3cccc(NS(=O)(=O)c4cccs4)c3)ccc12. The van der Waals surface area contributed by atoms with Gasteiger partial charge in [0.25, 0.3) is 10.0 Å². The van der Waals surface area contributed by atoms with Crippen LogP contribution in [0.3, 0.4) is 0 Å². The van der Waals surface area contributed by atoms with Gasteiger partial charge < -0.3 is 19.9 Å². The second-order valence-corrected chi connectivity index (χ2v) is 10.0. The van der Waals surface area contributed by atoms with Crippen molar-refractivity contribution < 1.29 is 23.0 Å². The topological polar surface area (TPSA) is 126 Å². The van der Waals surface area contributed by atoms with Crippen molar-refractivity contribution in [3.8, 4) is 11.6 Å². The van der Waals surface area contributed by atoms with Gasteiger partial charge in [-0.25, -0.2) is 8.42 Å². The number of fused-ring (bicyclic) bond motifs is 1. The fourth-order valence-corrected chi connectivity index (χ4v) is 5.29. The van der Waals surface area contributed by atoms with E-state index < -0.39 is 16.1 Å². The summed E-state index contributed by atoms with van der Waals surface area (Å²) in [5, 5.41) is 23.2. The first-order valence-electron chi connectivity index (χ1n) is 10.2. The van der Waals surface area contributed by atoms with E-state index in [-0.39, 0.29) is 4.21 Å². The number of hydrogen-bond acceptors (Lipinski definition) is 8. The number of aliphatic hydroxyl groups excluding tert-OH is 1. The van der Waals surface area contributed by atoms with Gasteiger partial charge in [-0.1, -0.05) is 18.2 Å². The minimum atomic E-state index is -3.64. The summed E-state index contributed by atoms with van der Waals surface area (Å²) in [6.45, 7) is 1.22. The number of aromatic amines is 1. The summed E-state index contributed by atoms with van der Waals surface area (Å²) in [6, 6.07) is 15.5. The first-order valence-corrected chi connectivity index (χ1v) is 12.5. The first kappa shape index (κ1) is 23.1. The highest BCUT2D eigenvalue weighted by Gasteiger charge is 2.16. The van der Waals surface area contributed by atoms with E-state index >= 15 is 0 Å². The van der Waals surface area contributed by atoms with Crippen molar-refractivity contribution in [2.24, 2.45) is 0 Å². The number of thiophene rings is 1. The van der Waals surface area contributed by atoms with E-state index in [1.54, 1.807) is 48.9 Å². The molecule has 2 aromatic heterocycles. The number of anilines is 1. The minimum Gasteiger partial charge on any atom is -0.492 e. The summed E-state index contributed by atoms with van der Waals surface area (Å²) in [6.07, 6.45) is -0.801. The van der Waals surface area contributed by atoms with E-state index in [1.165, 1.54) is 0 Å². The summed E-state index contributed by atoms with van der Waals surface area (Å²) >= 11 is 1.14. The lowest BCUT2D eigenvalue weighted by atomic mass is 10.1. The maximum Gasteiger partial charge on any atom is 0.271 e. The summed E-state index contributed by atoms with van der Waals surface area (Å²) < 4.78 is 38.5. The van der Waals surface area contributed by atoms with Gasteiger partial charge in [-0.05, 0) is 41.3 Å². The molecule has 0 saturated heterocycles. The maximum atomic E-state index is 12.4. The molecule has 0 radical (unpaired) electrons. The van der Waals surface area contributed by atoms with Crippen LogP contribution in [0.5, 0.6) is 11.6 Å². The van der Waals surface area contributed by atoms with Crippen LogP contribution in [0.15, 0.2) is 64.2 Å². The van der Waals surface area contributed by atoms with Crippen LogP contribution in [0.2, 0.25) is 0 Å². The van der Waals surface area contributed by atoms with Crippen LogP contribution < -0.4 is 19.5 Å². The standard InChI is InChI=1S/C22H24N4O5S2/c1-30-22-18-8-7-17(13-19(18)24-25-22)31-10-9-23-14-20(27)15-4-2-5-16(12-15)26-33(28,29)21-6-3-11-32-21/h2-8,11-13,20,23,26-27H,9-10,14H2,1H3,(H,24,25). The van der Waals surface area contributed by atoms with E-state index in [0.717, 1.165) is 22.2 Å². The zero-order valence-electron chi connectivity index (χ0n) is 17.8. The number of nitrogens with zero attached hydrogens (tertiary/aromatic N) is 1. The van der Waals surface area contributed by atoms with Crippen LogP contribution in [0, 0.1) is 0 Å². The van der Waals surface area contributed by atoms with Crippen molar-refractivity contribution in [1.29, 1.82) is 0 Å². The van der Waals surface area contributed by atoms with Gasteiger partial charge in [-0.15, -0.1) is 16.4 Å². The van der Waals surface area contributed by atoms with E-state index in [1.807, 2.05) is 18.2 Å². The zero-order chi connectivity index (χ0) is 23.3. The van der Waals surface area contributed by atoms with Crippen LogP contribution in [0.4, 0.5) is 5.69 Å². The molecule has 4 aromatic rings. The fraction of sp³-hybridized carbons (Fsp3) is 0.227. The van der Waals surface area contributed by atoms with Crippen LogP contribution in [-0.2, 0) is 10.0 Å². The molecule has 0 aliphatic rings. The Labute approximate surface area is 195 Å². The summed E-state index contributed by atoms with van der Waals surface area (Å²) in [5.41, 5.74) is 1.82. The molecule has 11 heteroatoms. The second-order valence-electron chi connectivity index (χ2n) is 7.17. The fourth-order valence-electron chi connectivity index (χ4n) is 3.25. The molecular formula is C22H24N4O5S2. The van der Waals surface area contributed by atoms with E-state index in [9.17, 15) is 13.5 Å². The number of aromatic nitrogens is 2. The molecule has 0 aliphatic carbocycles. The zero-order valence-corrected chi connectivity index (χ0v) is 19.4. The van der Waals surface area contributed by atoms with Gasteiger partial charge in [0.1, 0.15) is 16.6 Å². The van der Waals surface area contributed by atoms with Gasteiger partial charge in [0.15, 0.2) is 0 Å². The van der Waals surface area contributed by atoms with Crippen molar-refractivity contribution in [2.45, 2.75) is 10.3 Å². The predicted molar refractivity (Wildman–Crippen MR) is 128 cm³/mol. The third kappa shape index (κ3) is 5.63. The van der Waals surface area contributed by atoms with Gasteiger partial charge >= 0.3 is 0 Å². The molecule has 0 saturated carbocycles. The Morgan fingerprint density at radius 3 is 2.85 bits per heavy atom. The molecule has 0 bridgehead atoms. The van der Waals surface area contributed by atoms with Crippen molar-refractivity contribution in [3.63, 3.8) is 0 Å². The van der Waals surface area contributed by atoms with Crippen LogP contribution >= 0.6 is 11.3 Å². The van der Waals surface area contributed by atoms with Gasteiger partial charge in [0.2, 0.25) is 5.88 Å². The van der Waals surface area contributed by atoms with Crippen molar-refractivity contribution in [3.05, 3.63) is 65.5 Å². The van der Waals surface area contributed by atoms with E-state index in [2.05, 4.69) is 20.2 Å². The molecule has 0 aliphatic heterocycles. The summed E-state index contributed by atoms with van der Waals surface area (Å²) in [5.74, 6) is 1.23. The molecule has 2 aromatic carbocycles. The largest absolute Gasteiger partial charge is 0.492 e. The minimum absolute atomic E-state index is 0.237. The Morgan fingerprint density at radius 2 is 2.06 bits per heavy atom. The molecule has 4 N–H and O–H groups in total. The van der Waals surface area contributed by atoms with Crippen molar-refractivity contribution >= 4 is 38.0 Å². The van der Waals surface area contributed by atoms with Gasteiger partial charge in [-0.3, -0.25) is 9.82 Å². The molecule has 33 heavy (non-hydrogen) atoms. The quantitative estimate of drug-likeness (QED) is 0.239. The Morgan fingerprint density at radius 1 is 1.18 bits per heavy atom. The third-order valence-electron chi connectivity index (χ3n) is 4.86. The van der Waals surface area contributed by atoms with Gasteiger partial charge in [0.05, 0.1) is 24.1 Å². The number of ether oxygens (including phenoxy) is 2. The van der Waals surface area contributed by atoms with Crippen molar-refractivity contribution in [2.75, 3.05) is 31.5 Å². The highest BCUT2D eigenvalue weighted by molar-refractivity contribution is 7.94. The molecule has 4 rings (SSSR count). The van der Waals surface area contributed by atoms with E-state index in [0.29, 0.717) is 42.6 Å². The maximum absolute atomic E-state index is 12.4. The number of aliphatic hydroxyl groups is 1. The monoisotopic (exact) mass is 488 g/mol. The number of rotatable bonds is 11. The van der Waals surface area contributed by atoms with Crippen molar-refractivity contribution in [1.82, 2.24) is 15.5 Å². The average Bonchev–Trinajstić information content (AvgIpc) is 3.49. The van der Waals surface area contributed by atoms with Crippen LogP contribution in [0.1, 0.15) is 11.7 Å². The molecule has 0 spiro atoms. The van der Waals surface area contributed by atoms with Crippen LogP contribution in [0.25, 0.3) is 10.9 Å².